The SMILES string of the molecule is O=C(CCn1ccc2ccccc21)N1CCN(CC(=O)N2CCCC2)CC1. The Morgan fingerprint density at radius 1 is 0.815 bits per heavy atom. The Labute approximate surface area is 160 Å². The van der Waals surface area contributed by atoms with Crippen LogP contribution in [0.15, 0.2) is 36.5 Å². The van der Waals surface area contributed by atoms with Crippen molar-refractivity contribution in [1.82, 2.24) is 19.3 Å². The van der Waals surface area contributed by atoms with E-state index in [1.54, 1.807) is 0 Å². The van der Waals surface area contributed by atoms with Crippen LogP contribution in [0, 0.1) is 0 Å². The van der Waals surface area contributed by atoms with Gasteiger partial charge in [0.15, 0.2) is 0 Å². The van der Waals surface area contributed by atoms with Crippen molar-refractivity contribution in [3.63, 3.8) is 0 Å². The fourth-order valence-electron chi connectivity index (χ4n) is 4.12. The molecule has 0 aliphatic carbocycles. The van der Waals surface area contributed by atoms with E-state index in [1.807, 2.05) is 21.9 Å². The summed E-state index contributed by atoms with van der Waals surface area (Å²) in [4.78, 5) is 31.0. The predicted molar refractivity (Wildman–Crippen MR) is 105 cm³/mol. The molecule has 2 amide bonds. The summed E-state index contributed by atoms with van der Waals surface area (Å²) in [6, 6.07) is 10.3. The molecule has 1 aromatic heterocycles. The number of para-hydroxylation sites is 1. The van der Waals surface area contributed by atoms with E-state index in [0.29, 0.717) is 19.5 Å². The molecule has 27 heavy (non-hydrogen) atoms. The molecule has 2 saturated heterocycles. The quantitative estimate of drug-likeness (QED) is 0.809. The summed E-state index contributed by atoms with van der Waals surface area (Å²) in [5, 5.41) is 1.21. The van der Waals surface area contributed by atoms with Crippen LogP contribution in [-0.2, 0) is 16.1 Å². The average molecular weight is 368 g/mol. The fraction of sp³-hybridized carbons (Fsp3) is 0.524. The van der Waals surface area contributed by atoms with E-state index >= 15 is 0 Å². The van der Waals surface area contributed by atoms with Gasteiger partial charge in [-0.1, -0.05) is 18.2 Å². The molecule has 2 aliphatic heterocycles. The second kappa shape index (κ2) is 8.13. The highest BCUT2D eigenvalue weighted by molar-refractivity contribution is 5.81. The minimum absolute atomic E-state index is 0.207. The molecule has 3 heterocycles. The van der Waals surface area contributed by atoms with Crippen LogP contribution in [0.2, 0.25) is 0 Å². The number of likely N-dealkylation sites (tertiary alicyclic amines) is 1. The number of aryl methyl sites for hydroxylation is 1. The minimum atomic E-state index is 0.207. The van der Waals surface area contributed by atoms with Crippen molar-refractivity contribution >= 4 is 22.7 Å². The van der Waals surface area contributed by atoms with Crippen LogP contribution >= 0.6 is 0 Å². The van der Waals surface area contributed by atoms with E-state index in [1.165, 1.54) is 10.9 Å². The summed E-state index contributed by atoms with van der Waals surface area (Å²) in [7, 11) is 0. The summed E-state index contributed by atoms with van der Waals surface area (Å²) in [6.07, 6.45) is 4.83. The standard InChI is InChI=1S/C21H28N4O2/c26-20(8-12-23-11-7-18-5-1-2-6-19(18)23)25-15-13-22(14-16-25)17-21(27)24-9-3-4-10-24/h1-2,5-7,11H,3-4,8-10,12-17H2. The zero-order chi connectivity index (χ0) is 18.6. The number of fused-ring (bicyclic) bond motifs is 1. The van der Waals surface area contributed by atoms with E-state index in [-0.39, 0.29) is 11.8 Å². The molecule has 0 atom stereocenters. The minimum Gasteiger partial charge on any atom is -0.347 e. The maximum Gasteiger partial charge on any atom is 0.236 e. The Bertz CT molecular complexity index is 801. The number of hydrogen-bond donors (Lipinski definition) is 0. The van der Waals surface area contributed by atoms with Crippen LogP contribution in [0.4, 0.5) is 0 Å². The molecule has 1 aromatic carbocycles. The molecular weight excluding hydrogens is 340 g/mol. The maximum absolute atomic E-state index is 12.6. The molecule has 0 unspecified atom stereocenters. The van der Waals surface area contributed by atoms with Crippen molar-refractivity contribution in [3.8, 4) is 0 Å². The summed E-state index contributed by atoms with van der Waals surface area (Å²) >= 11 is 0. The number of hydrogen-bond acceptors (Lipinski definition) is 3. The van der Waals surface area contributed by atoms with E-state index < -0.39 is 0 Å². The normalized spacial score (nSPS) is 18.4. The number of carbonyl (C=O) groups is 2. The third-order valence-electron chi connectivity index (χ3n) is 5.79. The lowest BCUT2D eigenvalue weighted by Gasteiger charge is -2.35. The Hall–Kier alpha value is -2.34. The van der Waals surface area contributed by atoms with E-state index in [0.717, 1.165) is 52.1 Å². The highest BCUT2D eigenvalue weighted by Gasteiger charge is 2.25. The second-order valence-electron chi connectivity index (χ2n) is 7.56. The summed E-state index contributed by atoms with van der Waals surface area (Å²) in [5.41, 5.74) is 1.18. The first kappa shape index (κ1) is 18.0. The van der Waals surface area contributed by atoms with E-state index in [9.17, 15) is 9.59 Å². The van der Waals surface area contributed by atoms with Gasteiger partial charge in [-0.25, -0.2) is 0 Å². The Balaban J connectivity index is 1.23. The smallest absolute Gasteiger partial charge is 0.236 e. The van der Waals surface area contributed by atoms with Crippen molar-refractivity contribution in [3.05, 3.63) is 36.5 Å². The topological polar surface area (TPSA) is 48.8 Å². The molecule has 2 aliphatic rings. The van der Waals surface area contributed by atoms with Crippen LogP contribution in [0.25, 0.3) is 10.9 Å². The number of benzene rings is 1. The van der Waals surface area contributed by atoms with Crippen LogP contribution in [0.3, 0.4) is 0 Å². The van der Waals surface area contributed by atoms with Crippen molar-refractivity contribution in [2.24, 2.45) is 0 Å². The Kier molecular flexibility index (Phi) is 5.43. The maximum atomic E-state index is 12.6. The summed E-state index contributed by atoms with van der Waals surface area (Å²) < 4.78 is 2.15. The van der Waals surface area contributed by atoms with Crippen LogP contribution in [0.1, 0.15) is 19.3 Å². The van der Waals surface area contributed by atoms with Crippen LogP contribution in [-0.4, -0.2) is 76.9 Å². The molecule has 2 fully saturated rings. The van der Waals surface area contributed by atoms with E-state index in [4.69, 9.17) is 0 Å². The number of aromatic nitrogens is 1. The van der Waals surface area contributed by atoms with Gasteiger partial charge in [-0.05, 0) is 30.4 Å². The zero-order valence-corrected chi connectivity index (χ0v) is 15.8. The molecule has 6 heteroatoms. The summed E-state index contributed by atoms with van der Waals surface area (Å²) in [5.74, 6) is 0.449. The lowest BCUT2D eigenvalue weighted by molar-refractivity contribution is -0.134. The largest absolute Gasteiger partial charge is 0.347 e. The van der Waals surface area contributed by atoms with Crippen molar-refractivity contribution in [2.75, 3.05) is 45.8 Å². The monoisotopic (exact) mass is 368 g/mol. The van der Waals surface area contributed by atoms with Crippen LogP contribution < -0.4 is 0 Å². The van der Waals surface area contributed by atoms with Crippen molar-refractivity contribution in [1.29, 1.82) is 0 Å². The van der Waals surface area contributed by atoms with Crippen molar-refractivity contribution < 1.29 is 9.59 Å². The molecule has 0 radical (unpaired) electrons. The molecule has 144 valence electrons. The van der Waals surface area contributed by atoms with Gasteiger partial charge in [-0.3, -0.25) is 14.5 Å². The molecular formula is C21H28N4O2. The first-order chi connectivity index (χ1) is 13.2. The highest BCUT2D eigenvalue weighted by atomic mass is 16.2. The highest BCUT2D eigenvalue weighted by Crippen LogP contribution is 2.16. The fourth-order valence-corrected chi connectivity index (χ4v) is 4.12. The van der Waals surface area contributed by atoms with Gasteiger partial charge < -0.3 is 14.4 Å². The first-order valence-corrected chi connectivity index (χ1v) is 10.0. The van der Waals surface area contributed by atoms with Gasteiger partial charge in [0.05, 0.1) is 6.54 Å². The molecule has 6 nitrogen and oxygen atoms in total. The van der Waals surface area contributed by atoms with Gasteiger partial charge in [-0.2, -0.15) is 0 Å². The Morgan fingerprint density at radius 3 is 2.30 bits per heavy atom. The molecule has 0 saturated carbocycles. The lowest BCUT2D eigenvalue weighted by Crippen LogP contribution is -2.51. The number of rotatable bonds is 5. The number of piperazine rings is 1. The third-order valence-corrected chi connectivity index (χ3v) is 5.79. The molecule has 4 rings (SSSR count). The molecule has 0 bridgehead atoms. The lowest BCUT2D eigenvalue weighted by atomic mass is 10.2. The van der Waals surface area contributed by atoms with Gasteiger partial charge >= 0.3 is 0 Å². The molecule has 0 spiro atoms. The molecule has 0 N–H and O–H groups in total. The van der Waals surface area contributed by atoms with Gasteiger partial charge in [0.25, 0.3) is 0 Å². The second-order valence-corrected chi connectivity index (χ2v) is 7.56. The van der Waals surface area contributed by atoms with Crippen LogP contribution in [0.5, 0.6) is 0 Å². The third kappa shape index (κ3) is 4.16. The van der Waals surface area contributed by atoms with Gasteiger partial charge in [0.2, 0.25) is 11.8 Å². The van der Waals surface area contributed by atoms with Crippen molar-refractivity contribution in [2.45, 2.75) is 25.8 Å². The van der Waals surface area contributed by atoms with E-state index in [2.05, 4.69) is 33.9 Å². The Morgan fingerprint density at radius 2 is 1.52 bits per heavy atom. The number of carbonyl (C=O) groups excluding carboxylic acids is 2. The van der Waals surface area contributed by atoms with Gasteiger partial charge in [-0.15, -0.1) is 0 Å². The average Bonchev–Trinajstić information content (AvgIpc) is 3.37. The molecule has 2 aromatic rings. The van der Waals surface area contributed by atoms with Gasteiger partial charge in [0.1, 0.15) is 0 Å². The van der Waals surface area contributed by atoms with Gasteiger partial charge in [0, 0.05) is 63.9 Å². The zero-order valence-electron chi connectivity index (χ0n) is 15.8. The number of nitrogens with zero attached hydrogens (tertiary/aromatic N) is 4. The predicted octanol–water partition coefficient (Wildman–Crippen LogP) is 1.80. The summed E-state index contributed by atoms with van der Waals surface area (Å²) in [6.45, 7) is 6.04. The first-order valence-electron chi connectivity index (χ1n) is 10.0. The number of amides is 2.